The topological polar surface area (TPSA) is 54.8 Å². The van der Waals surface area contributed by atoms with Gasteiger partial charge in [-0.25, -0.2) is 4.98 Å². The molecule has 0 aliphatic heterocycles. The van der Waals surface area contributed by atoms with Gasteiger partial charge in [-0.15, -0.1) is 0 Å². The molecule has 0 fully saturated rings. The molecular formula is C41H27N3O. The lowest BCUT2D eigenvalue weighted by atomic mass is 9.81. The van der Waals surface area contributed by atoms with Crippen molar-refractivity contribution < 1.29 is 4.42 Å². The molecule has 0 atom stereocenters. The van der Waals surface area contributed by atoms with Gasteiger partial charge in [0.15, 0.2) is 5.58 Å². The Morgan fingerprint density at radius 3 is 2.16 bits per heavy atom. The molecule has 4 nitrogen and oxygen atoms in total. The van der Waals surface area contributed by atoms with Crippen molar-refractivity contribution in [1.82, 2.24) is 9.55 Å². The third-order valence-electron chi connectivity index (χ3n) is 9.45. The monoisotopic (exact) mass is 577 g/mol. The smallest absolute Gasteiger partial charge is 0.227 e. The first kappa shape index (κ1) is 25.6. The van der Waals surface area contributed by atoms with Crippen LogP contribution in [0.3, 0.4) is 0 Å². The van der Waals surface area contributed by atoms with E-state index in [1.165, 1.54) is 33.2 Å². The van der Waals surface area contributed by atoms with E-state index in [1.807, 2.05) is 54.6 Å². The van der Waals surface area contributed by atoms with Crippen LogP contribution in [0.2, 0.25) is 0 Å². The number of oxazole rings is 1. The average Bonchev–Trinajstić information content (AvgIpc) is 3.72. The Morgan fingerprint density at radius 2 is 1.40 bits per heavy atom. The third kappa shape index (κ3) is 3.68. The van der Waals surface area contributed by atoms with Crippen molar-refractivity contribution in [1.29, 1.82) is 5.26 Å². The van der Waals surface area contributed by atoms with E-state index in [4.69, 9.17) is 9.40 Å². The molecule has 2 aromatic heterocycles. The van der Waals surface area contributed by atoms with E-state index in [0.717, 1.165) is 44.4 Å². The Kier molecular flexibility index (Phi) is 5.28. The number of aromatic nitrogens is 2. The second-order valence-electron chi connectivity index (χ2n) is 12.3. The summed E-state index contributed by atoms with van der Waals surface area (Å²) in [5.41, 5.74) is 13.9. The van der Waals surface area contributed by atoms with Crippen LogP contribution in [0.5, 0.6) is 0 Å². The van der Waals surface area contributed by atoms with E-state index >= 15 is 0 Å². The summed E-state index contributed by atoms with van der Waals surface area (Å²) >= 11 is 0. The molecule has 1 aliphatic carbocycles. The number of rotatable bonds is 3. The van der Waals surface area contributed by atoms with Crippen LogP contribution in [0.1, 0.15) is 30.5 Å². The molecule has 2 heterocycles. The lowest BCUT2D eigenvalue weighted by Gasteiger charge is -2.23. The first-order valence-electron chi connectivity index (χ1n) is 15.2. The summed E-state index contributed by atoms with van der Waals surface area (Å²) in [4.78, 5) is 4.92. The molecule has 4 heteroatoms. The summed E-state index contributed by atoms with van der Waals surface area (Å²) in [7, 11) is 0. The Balaban J connectivity index is 1.32. The Morgan fingerprint density at radius 1 is 0.689 bits per heavy atom. The van der Waals surface area contributed by atoms with Crippen LogP contribution in [0.25, 0.3) is 72.3 Å². The maximum Gasteiger partial charge on any atom is 0.227 e. The molecule has 0 bridgehead atoms. The van der Waals surface area contributed by atoms with Gasteiger partial charge in [0.2, 0.25) is 5.89 Å². The number of fused-ring (bicyclic) bond motifs is 8. The van der Waals surface area contributed by atoms with Crippen molar-refractivity contribution in [2.75, 3.05) is 0 Å². The van der Waals surface area contributed by atoms with Gasteiger partial charge in [0.05, 0.1) is 22.7 Å². The van der Waals surface area contributed by atoms with Gasteiger partial charge in [-0.05, 0) is 75.8 Å². The van der Waals surface area contributed by atoms with E-state index in [1.54, 1.807) is 0 Å². The second-order valence-corrected chi connectivity index (χ2v) is 12.3. The summed E-state index contributed by atoms with van der Waals surface area (Å²) in [6.07, 6.45) is 0. The minimum absolute atomic E-state index is 0.183. The summed E-state index contributed by atoms with van der Waals surface area (Å²) < 4.78 is 8.79. The zero-order valence-electron chi connectivity index (χ0n) is 24.9. The van der Waals surface area contributed by atoms with E-state index in [0.29, 0.717) is 11.5 Å². The highest BCUT2D eigenvalue weighted by Gasteiger charge is 2.38. The van der Waals surface area contributed by atoms with Crippen molar-refractivity contribution in [3.8, 4) is 45.5 Å². The molecule has 0 saturated heterocycles. The van der Waals surface area contributed by atoms with Gasteiger partial charge >= 0.3 is 0 Å². The maximum atomic E-state index is 9.24. The molecule has 8 aromatic rings. The van der Waals surface area contributed by atoms with Crippen LogP contribution in [-0.2, 0) is 5.41 Å². The van der Waals surface area contributed by atoms with Crippen LogP contribution in [0.15, 0.2) is 132 Å². The summed E-state index contributed by atoms with van der Waals surface area (Å²) in [5, 5.41) is 11.6. The fraction of sp³-hybridized carbons (Fsp3) is 0.0732. The van der Waals surface area contributed by atoms with E-state index < -0.39 is 0 Å². The molecule has 0 unspecified atom stereocenters. The number of nitrogens with zero attached hydrogens (tertiary/aromatic N) is 3. The molecule has 0 radical (unpaired) electrons. The van der Waals surface area contributed by atoms with E-state index in [-0.39, 0.29) is 5.41 Å². The van der Waals surface area contributed by atoms with Crippen molar-refractivity contribution in [2.24, 2.45) is 0 Å². The van der Waals surface area contributed by atoms with Gasteiger partial charge in [-0.1, -0.05) is 92.7 Å². The van der Waals surface area contributed by atoms with Crippen molar-refractivity contribution in [3.63, 3.8) is 0 Å². The SMILES string of the molecule is CC1(C)c2ccccc2-c2ccc3c4cc5nc(-c6ccccc6)oc5cc4n(-c4ccc(-c5ccc(C#N)cc5)cc4)c3c21. The van der Waals surface area contributed by atoms with E-state index in [2.05, 4.69) is 97.3 Å². The summed E-state index contributed by atoms with van der Waals surface area (Å²) in [5.74, 6) is 0.623. The van der Waals surface area contributed by atoms with Crippen LogP contribution in [0, 0.1) is 11.3 Å². The highest BCUT2D eigenvalue weighted by atomic mass is 16.3. The highest BCUT2D eigenvalue weighted by Crippen LogP contribution is 2.53. The normalized spacial score (nSPS) is 13.3. The maximum absolute atomic E-state index is 9.24. The molecule has 1 aliphatic rings. The molecule has 212 valence electrons. The van der Waals surface area contributed by atoms with Crippen LogP contribution >= 0.6 is 0 Å². The lowest BCUT2D eigenvalue weighted by Crippen LogP contribution is -2.16. The predicted octanol–water partition coefficient (Wildman–Crippen LogP) is 10.4. The second kappa shape index (κ2) is 9.29. The molecule has 0 spiro atoms. The number of nitriles is 1. The standard InChI is InChI=1S/C41H27N3O/c1-41(2)34-11-7-6-10-30(34)31-20-21-32-33-22-35-37(45-40(43-35)28-8-4-3-5-9-28)23-36(33)44(39(32)38(31)41)29-18-16-27(17-19-29)26-14-12-25(24-42)13-15-26/h3-23H,1-2H3. The number of hydrogen-bond acceptors (Lipinski definition) is 3. The van der Waals surface area contributed by atoms with Gasteiger partial charge in [0.1, 0.15) is 5.52 Å². The first-order chi connectivity index (χ1) is 22.0. The molecule has 0 saturated carbocycles. The fourth-order valence-corrected chi connectivity index (χ4v) is 7.29. The highest BCUT2D eigenvalue weighted by molar-refractivity contribution is 6.15. The average molecular weight is 578 g/mol. The molecule has 0 amide bonds. The lowest BCUT2D eigenvalue weighted by molar-refractivity contribution is 0.620. The van der Waals surface area contributed by atoms with Crippen molar-refractivity contribution >= 4 is 32.9 Å². The van der Waals surface area contributed by atoms with Crippen molar-refractivity contribution in [3.05, 3.63) is 144 Å². The minimum Gasteiger partial charge on any atom is -0.436 e. The molecule has 45 heavy (non-hydrogen) atoms. The van der Waals surface area contributed by atoms with Crippen LogP contribution in [0.4, 0.5) is 0 Å². The molecule has 0 N–H and O–H groups in total. The fourth-order valence-electron chi connectivity index (χ4n) is 7.29. The third-order valence-corrected chi connectivity index (χ3v) is 9.45. The van der Waals surface area contributed by atoms with Crippen LogP contribution < -0.4 is 0 Å². The van der Waals surface area contributed by atoms with E-state index in [9.17, 15) is 5.26 Å². The molecular weight excluding hydrogens is 550 g/mol. The molecule has 9 rings (SSSR count). The largest absolute Gasteiger partial charge is 0.436 e. The predicted molar refractivity (Wildman–Crippen MR) is 181 cm³/mol. The zero-order valence-corrected chi connectivity index (χ0v) is 24.9. The van der Waals surface area contributed by atoms with Gasteiger partial charge in [-0.2, -0.15) is 5.26 Å². The summed E-state index contributed by atoms with van der Waals surface area (Å²) in [6.45, 7) is 4.68. The Bertz CT molecular complexity index is 2490. The quantitative estimate of drug-likeness (QED) is 0.210. The van der Waals surface area contributed by atoms with Crippen LogP contribution in [-0.4, -0.2) is 9.55 Å². The van der Waals surface area contributed by atoms with Gasteiger partial charge in [0.25, 0.3) is 0 Å². The Hall–Kier alpha value is -5.92. The summed E-state index contributed by atoms with van der Waals surface area (Å²) in [6, 6.07) is 46.4. The zero-order chi connectivity index (χ0) is 30.3. The number of hydrogen-bond donors (Lipinski definition) is 0. The Labute approximate surface area is 260 Å². The van der Waals surface area contributed by atoms with Gasteiger partial charge < -0.3 is 8.98 Å². The van der Waals surface area contributed by atoms with Gasteiger partial charge in [0, 0.05) is 33.5 Å². The number of benzene rings is 6. The first-order valence-corrected chi connectivity index (χ1v) is 15.2. The van der Waals surface area contributed by atoms with Gasteiger partial charge in [-0.3, -0.25) is 0 Å². The van der Waals surface area contributed by atoms with Crippen molar-refractivity contribution in [2.45, 2.75) is 19.3 Å². The minimum atomic E-state index is -0.183. The molecule has 6 aromatic carbocycles.